The maximum atomic E-state index is 13.2. The molecule has 0 saturated carbocycles. The van der Waals surface area contributed by atoms with Crippen molar-refractivity contribution in [2.45, 2.75) is 52.3 Å². The number of carbonyl (C=O) groups is 1. The fourth-order valence-corrected chi connectivity index (χ4v) is 2.00. The minimum atomic E-state index is -0.540. The summed E-state index contributed by atoms with van der Waals surface area (Å²) in [6.45, 7) is 9.44. The van der Waals surface area contributed by atoms with Crippen molar-refractivity contribution in [1.29, 1.82) is 0 Å². The molecule has 0 fully saturated rings. The van der Waals surface area contributed by atoms with E-state index in [0.29, 0.717) is 12.1 Å². The summed E-state index contributed by atoms with van der Waals surface area (Å²) in [5.74, 6) is -0.366. The van der Waals surface area contributed by atoms with Gasteiger partial charge in [0.2, 0.25) is 0 Å². The average molecular weight is 312 g/mol. The number of rotatable bonds is 5. The quantitative estimate of drug-likeness (QED) is 0.781. The van der Waals surface area contributed by atoms with Crippen molar-refractivity contribution < 1.29 is 19.0 Å². The van der Waals surface area contributed by atoms with Gasteiger partial charge in [-0.15, -0.1) is 0 Å². The molecule has 0 aliphatic heterocycles. The lowest BCUT2D eigenvalue weighted by Gasteiger charge is -2.23. The number of hydrogen-bond acceptors (Lipinski definition) is 4. The highest BCUT2D eigenvalue weighted by molar-refractivity contribution is 5.67. The molecular formula is C16H25FN2O3. The Morgan fingerprint density at radius 2 is 2.00 bits per heavy atom. The Labute approximate surface area is 130 Å². The van der Waals surface area contributed by atoms with Crippen molar-refractivity contribution in [3.63, 3.8) is 0 Å². The summed E-state index contributed by atoms with van der Waals surface area (Å²) in [5, 5.41) is 15.6. The minimum Gasteiger partial charge on any atom is -0.508 e. The van der Waals surface area contributed by atoms with E-state index in [4.69, 9.17) is 4.74 Å². The Kier molecular flexibility index (Phi) is 6.17. The number of ether oxygens (including phenoxy) is 1. The molecule has 0 spiro atoms. The molecule has 1 aromatic carbocycles. The van der Waals surface area contributed by atoms with Gasteiger partial charge in [0.1, 0.15) is 17.2 Å². The van der Waals surface area contributed by atoms with E-state index >= 15 is 0 Å². The van der Waals surface area contributed by atoms with Crippen LogP contribution in [0.3, 0.4) is 0 Å². The van der Waals surface area contributed by atoms with Gasteiger partial charge >= 0.3 is 6.09 Å². The van der Waals surface area contributed by atoms with Gasteiger partial charge in [0, 0.05) is 24.2 Å². The predicted molar refractivity (Wildman–Crippen MR) is 83.3 cm³/mol. The van der Waals surface area contributed by atoms with Crippen molar-refractivity contribution in [2.75, 3.05) is 6.54 Å². The van der Waals surface area contributed by atoms with E-state index in [1.807, 2.05) is 13.8 Å². The molecule has 2 atom stereocenters. The van der Waals surface area contributed by atoms with Crippen LogP contribution in [0.5, 0.6) is 5.75 Å². The van der Waals surface area contributed by atoms with Crippen molar-refractivity contribution in [2.24, 2.45) is 0 Å². The van der Waals surface area contributed by atoms with Crippen molar-refractivity contribution in [1.82, 2.24) is 10.6 Å². The first kappa shape index (κ1) is 18.2. The van der Waals surface area contributed by atoms with Gasteiger partial charge in [0.15, 0.2) is 0 Å². The molecule has 0 aliphatic rings. The molecule has 3 N–H and O–H groups in total. The third-order valence-electron chi connectivity index (χ3n) is 2.94. The molecule has 0 radical (unpaired) electrons. The number of phenolic OH excluding ortho intramolecular Hbond substituents is 1. The standard InChI is InChI=1S/C16H25FN2O3/c1-10(9-18-15(21)22-16(3,4)5)19-11(2)13-8-12(17)6-7-14(13)20/h6-8,10-11,19-20H,9H2,1-5H3,(H,18,21). The van der Waals surface area contributed by atoms with Gasteiger partial charge in [0.25, 0.3) is 0 Å². The molecule has 0 bridgehead atoms. The molecule has 0 heterocycles. The van der Waals surface area contributed by atoms with Crippen molar-refractivity contribution >= 4 is 6.09 Å². The molecule has 6 heteroatoms. The Hall–Kier alpha value is -1.82. The van der Waals surface area contributed by atoms with Gasteiger partial charge in [-0.05, 0) is 52.8 Å². The Balaban J connectivity index is 2.49. The second-order valence-corrected chi connectivity index (χ2v) is 6.38. The van der Waals surface area contributed by atoms with Crippen LogP contribution >= 0.6 is 0 Å². The first-order valence-electron chi connectivity index (χ1n) is 7.30. The lowest BCUT2D eigenvalue weighted by Crippen LogP contribution is -2.42. The van der Waals surface area contributed by atoms with Crippen LogP contribution in [0.4, 0.5) is 9.18 Å². The maximum absolute atomic E-state index is 13.2. The summed E-state index contributed by atoms with van der Waals surface area (Å²) in [6, 6.07) is 3.49. The predicted octanol–water partition coefficient (Wildman–Crippen LogP) is 3.10. The summed E-state index contributed by atoms with van der Waals surface area (Å²) >= 11 is 0. The molecule has 1 amide bonds. The molecule has 22 heavy (non-hydrogen) atoms. The van der Waals surface area contributed by atoms with Gasteiger partial charge in [-0.3, -0.25) is 0 Å². The number of halogens is 1. The Bertz CT molecular complexity index is 515. The molecule has 124 valence electrons. The van der Waals surface area contributed by atoms with Crippen LogP contribution < -0.4 is 10.6 Å². The molecule has 0 aromatic heterocycles. The summed E-state index contributed by atoms with van der Waals surface area (Å²) in [4.78, 5) is 11.6. The average Bonchev–Trinajstić information content (AvgIpc) is 2.37. The maximum Gasteiger partial charge on any atom is 0.407 e. The van der Waals surface area contributed by atoms with E-state index in [9.17, 15) is 14.3 Å². The highest BCUT2D eigenvalue weighted by Crippen LogP contribution is 2.24. The van der Waals surface area contributed by atoms with E-state index in [2.05, 4.69) is 10.6 Å². The number of aromatic hydroxyl groups is 1. The van der Waals surface area contributed by atoms with Crippen LogP contribution in [0.15, 0.2) is 18.2 Å². The Morgan fingerprint density at radius 1 is 1.36 bits per heavy atom. The molecule has 1 aromatic rings. The number of alkyl carbamates (subject to hydrolysis) is 1. The van der Waals surface area contributed by atoms with Crippen LogP contribution in [0.25, 0.3) is 0 Å². The lowest BCUT2D eigenvalue weighted by molar-refractivity contribution is 0.0522. The highest BCUT2D eigenvalue weighted by Gasteiger charge is 2.18. The molecule has 0 saturated heterocycles. The van der Waals surface area contributed by atoms with E-state index in [1.54, 1.807) is 20.8 Å². The molecule has 5 nitrogen and oxygen atoms in total. The van der Waals surface area contributed by atoms with Crippen LogP contribution in [0.2, 0.25) is 0 Å². The number of benzene rings is 1. The van der Waals surface area contributed by atoms with Gasteiger partial charge < -0.3 is 20.5 Å². The number of hydrogen-bond donors (Lipinski definition) is 3. The SMILES string of the molecule is CC(CNC(=O)OC(C)(C)C)NC(C)c1cc(F)ccc1O. The number of amides is 1. The fourth-order valence-electron chi connectivity index (χ4n) is 2.00. The van der Waals surface area contributed by atoms with Crippen LogP contribution in [0, 0.1) is 5.82 Å². The fraction of sp³-hybridized carbons (Fsp3) is 0.562. The molecular weight excluding hydrogens is 287 g/mol. The first-order chi connectivity index (χ1) is 10.1. The molecule has 2 unspecified atom stereocenters. The lowest BCUT2D eigenvalue weighted by atomic mass is 10.1. The van der Waals surface area contributed by atoms with Gasteiger partial charge in [-0.1, -0.05) is 0 Å². The largest absolute Gasteiger partial charge is 0.508 e. The topological polar surface area (TPSA) is 70.6 Å². The summed E-state index contributed by atoms with van der Waals surface area (Å²) in [5.41, 5.74) is -0.0642. The van der Waals surface area contributed by atoms with Gasteiger partial charge in [-0.2, -0.15) is 0 Å². The monoisotopic (exact) mass is 312 g/mol. The van der Waals surface area contributed by atoms with Crippen LogP contribution in [-0.2, 0) is 4.74 Å². The second-order valence-electron chi connectivity index (χ2n) is 6.38. The summed E-state index contributed by atoms with van der Waals surface area (Å²) < 4.78 is 18.4. The second kappa shape index (κ2) is 7.45. The molecule has 1 rings (SSSR count). The number of carbonyl (C=O) groups excluding carboxylic acids is 1. The van der Waals surface area contributed by atoms with E-state index in [0.717, 1.165) is 0 Å². The number of phenols is 1. The Morgan fingerprint density at radius 3 is 2.59 bits per heavy atom. The first-order valence-corrected chi connectivity index (χ1v) is 7.30. The zero-order valence-corrected chi connectivity index (χ0v) is 13.7. The van der Waals surface area contributed by atoms with Crippen LogP contribution in [0.1, 0.15) is 46.2 Å². The smallest absolute Gasteiger partial charge is 0.407 e. The van der Waals surface area contributed by atoms with E-state index < -0.39 is 17.5 Å². The number of nitrogens with one attached hydrogen (secondary N) is 2. The van der Waals surface area contributed by atoms with Gasteiger partial charge in [-0.25, -0.2) is 9.18 Å². The zero-order valence-electron chi connectivity index (χ0n) is 13.7. The van der Waals surface area contributed by atoms with Crippen molar-refractivity contribution in [3.8, 4) is 5.75 Å². The minimum absolute atomic E-state index is 0.0358. The third kappa shape index (κ3) is 6.30. The van der Waals surface area contributed by atoms with Crippen molar-refractivity contribution in [3.05, 3.63) is 29.6 Å². The summed E-state index contributed by atoms with van der Waals surface area (Å²) in [6.07, 6.45) is -0.484. The van der Waals surface area contributed by atoms with E-state index in [-0.39, 0.29) is 17.8 Å². The summed E-state index contributed by atoms with van der Waals surface area (Å²) in [7, 11) is 0. The molecule has 0 aliphatic carbocycles. The van der Waals surface area contributed by atoms with Gasteiger partial charge in [0.05, 0.1) is 0 Å². The zero-order chi connectivity index (χ0) is 16.9. The van der Waals surface area contributed by atoms with E-state index in [1.165, 1.54) is 18.2 Å². The normalized spacial score (nSPS) is 14.3. The third-order valence-corrected chi connectivity index (χ3v) is 2.94. The highest BCUT2D eigenvalue weighted by atomic mass is 19.1. The van der Waals surface area contributed by atoms with Crippen LogP contribution in [-0.4, -0.2) is 29.4 Å².